The Morgan fingerprint density at radius 2 is 2.06 bits per heavy atom. The normalized spacial score (nSPS) is 14.4. The van der Waals surface area contributed by atoms with Gasteiger partial charge < -0.3 is 4.74 Å². The van der Waals surface area contributed by atoms with Crippen molar-refractivity contribution < 1.29 is 9.53 Å². The zero-order valence-corrected chi connectivity index (χ0v) is 10.2. The van der Waals surface area contributed by atoms with Crippen molar-refractivity contribution in [2.75, 3.05) is 6.61 Å². The number of ether oxygens (including phenoxy) is 1. The minimum Gasteiger partial charge on any atom is -0.494 e. The molecule has 0 amide bonds. The number of benzene rings is 1. The highest BCUT2D eigenvalue weighted by atomic mass is 16.5. The predicted molar refractivity (Wildman–Crippen MR) is 72.1 cm³/mol. The van der Waals surface area contributed by atoms with Gasteiger partial charge in [0.25, 0.3) is 0 Å². The molecule has 1 aliphatic rings. The number of allylic oxidation sites excluding steroid dienone is 5. The minimum atomic E-state index is 0.636. The SMILES string of the molecule is O=CC1=CC=CC(OCCc2ccccc2)=CC1. The Bertz CT molecular complexity index is 481. The van der Waals surface area contributed by atoms with Crippen LogP contribution in [0.1, 0.15) is 12.0 Å². The van der Waals surface area contributed by atoms with Crippen molar-refractivity contribution in [1.82, 2.24) is 0 Å². The van der Waals surface area contributed by atoms with Gasteiger partial charge in [-0.2, -0.15) is 0 Å². The van der Waals surface area contributed by atoms with E-state index < -0.39 is 0 Å². The van der Waals surface area contributed by atoms with Crippen molar-refractivity contribution in [3.05, 3.63) is 71.5 Å². The minimum absolute atomic E-state index is 0.636. The molecule has 0 saturated carbocycles. The Labute approximate surface area is 107 Å². The second-order valence-electron chi connectivity index (χ2n) is 4.11. The van der Waals surface area contributed by atoms with E-state index in [0.29, 0.717) is 13.0 Å². The lowest BCUT2D eigenvalue weighted by atomic mass is 10.2. The van der Waals surface area contributed by atoms with Crippen molar-refractivity contribution in [3.8, 4) is 0 Å². The third-order valence-corrected chi connectivity index (χ3v) is 2.76. The van der Waals surface area contributed by atoms with Crippen LogP contribution in [0.3, 0.4) is 0 Å². The van der Waals surface area contributed by atoms with Crippen LogP contribution < -0.4 is 0 Å². The quantitative estimate of drug-likeness (QED) is 0.739. The first-order chi connectivity index (χ1) is 8.88. The van der Waals surface area contributed by atoms with Gasteiger partial charge in [0.2, 0.25) is 0 Å². The summed E-state index contributed by atoms with van der Waals surface area (Å²) in [5.74, 6) is 0.832. The van der Waals surface area contributed by atoms with Crippen molar-refractivity contribution in [2.24, 2.45) is 0 Å². The highest BCUT2D eigenvalue weighted by molar-refractivity contribution is 5.74. The highest BCUT2D eigenvalue weighted by Crippen LogP contribution is 2.12. The number of carbonyl (C=O) groups is 1. The second kappa shape index (κ2) is 6.60. The Balaban J connectivity index is 1.81. The van der Waals surface area contributed by atoms with Gasteiger partial charge >= 0.3 is 0 Å². The van der Waals surface area contributed by atoms with Gasteiger partial charge in [0, 0.05) is 6.42 Å². The maximum absolute atomic E-state index is 10.6. The van der Waals surface area contributed by atoms with Crippen LogP contribution in [0, 0.1) is 0 Å². The average molecular weight is 240 g/mol. The monoisotopic (exact) mass is 240 g/mol. The molecule has 2 nitrogen and oxygen atoms in total. The summed E-state index contributed by atoms with van der Waals surface area (Å²) in [4.78, 5) is 10.6. The third kappa shape index (κ3) is 3.74. The van der Waals surface area contributed by atoms with E-state index in [4.69, 9.17) is 4.74 Å². The van der Waals surface area contributed by atoms with Crippen LogP contribution in [-0.2, 0) is 16.0 Å². The fourth-order valence-corrected chi connectivity index (χ4v) is 1.75. The molecule has 18 heavy (non-hydrogen) atoms. The highest BCUT2D eigenvalue weighted by Gasteiger charge is 2.00. The molecule has 0 N–H and O–H groups in total. The van der Waals surface area contributed by atoms with Crippen molar-refractivity contribution in [3.63, 3.8) is 0 Å². The van der Waals surface area contributed by atoms with E-state index >= 15 is 0 Å². The Morgan fingerprint density at radius 3 is 2.83 bits per heavy atom. The van der Waals surface area contributed by atoms with Gasteiger partial charge in [-0.05, 0) is 29.7 Å². The second-order valence-corrected chi connectivity index (χ2v) is 4.11. The summed E-state index contributed by atoms with van der Waals surface area (Å²) in [7, 11) is 0. The Kier molecular flexibility index (Phi) is 4.53. The van der Waals surface area contributed by atoms with Crippen LogP contribution in [0.5, 0.6) is 0 Å². The van der Waals surface area contributed by atoms with E-state index in [1.165, 1.54) is 5.56 Å². The third-order valence-electron chi connectivity index (χ3n) is 2.76. The number of hydrogen-bond donors (Lipinski definition) is 0. The van der Waals surface area contributed by atoms with Crippen LogP contribution in [0.25, 0.3) is 0 Å². The standard InChI is InChI=1S/C16H16O2/c17-13-15-7-4-8-16(10-9-15)18-12-11-14-5-2-1-3-6-14/h1-8,10,13H,9,11-12H2. The molecule has 0 atom stereocenters. The van der Waals surface area contributed by atoms with Gasteiger partial charge in [0.05, 0.1) is 6.61 Å². The molecule has 0 bridgehead atoms. The zero-order valence-electron chi connectivity index (χ0n) is 10.2. The van der Waals surface area contributed by atoms with E-state index in [2.05, 4.69) is 12.1 Å². The number of rotatable bonds is 5. The molecule has 2 heteroatoms. The lowest BCUT2D eigenvalue weighted by Crippen LogP contribution is -1.97. The molecule has 0 spiro atoms. The molecule has 0 heterocycles. The maximum atomic E-state index is 10.6. The molecule has 0 aliphatic heterocycles. The van der Waals surface area contributed by atoms with E-state index in [1.54, 1.807) is 0 Å². The van der Waals surface area contributed by atoms with Gasteiger partial charge in [-0.25, -0.2) is 0 Å². The van der Waals surface area contributed by atoms with Crippen molar-refractivity contribution >= 4 is 6.29 Å². The van der Waals surface area contributed by atoms with Crippen LogP contribution in [0.15, 0.2) is 66.0 Å². The van der Waals surface area contributed by atoms with Crippen molar-refractivity contribution in [1.29, 1.82) is 0 Å². The number of carbonyl (C=O) groups excluding carboxylic acids is 1. The first kappa shape index (κ1) is 12.4. The Hall–Kier alpha value is -2.09. The molecule has 92 valence electrons. The molecule has 1 aromatic carbocycles. The van der Waals surface area contributed by atoms with Gasteiger partial charge in [-0.15, -0.1) is 0 Å². The molecule has 0 aromatic heterocycles. The first-order valence-corrected chi connectivity index (χ1v) is 6.08. The summed E-state index contributed by atoms with van der Waals surface area (Å²) in [6.07, 6.45) is 9.91. The smallest absolute Gasteiger partial charge is 0.146 e. The summed E-state index contributed by atoms with van der Waals surface area (Å²) in [6.45, 7) is 0.649. The topological polar surface area (TPSA) is 26.3 Å². The van der Waals surface area contributed by atoms with Crippen LogP contribution in [0.4, 0.5) is 0 Å². The fraction of sp³-hybridized carbons (Fsp3) is 0.188. The molecule has 0 saturated heterocycles. The number of hydrogen-bond acceptors (Lipinski definition) is 2. The molecule has 1 aromatic rings. The number of aldehydes is 1. The molecular formula is C16H16O2. The molecule has 1 aliphatic carbocycles. The maximum Gasteiger partial charge on any atom is 0.146 e. The van der Waals surface area contributed by atoms with Crippen molar-refractivity contribution in [2.45, 2.75) is 12.8 Å². The summed E-state index contributed by atoms with van der Waals surface area (Å²) >= 11 is 0. The summed E-state index contributed by atoms with van der Waals surface area (Å²) in [5.41, 5.74) is 2.04. The van der Waals surface area contributed by atoms with Crippen LogP contribution in [0.2, 0.25) is 0 Å². The van der Waals surface area contributed by atoms with E-state index in [-0.39, 0.29) is 0 Å². The molecule has 2 rings (SSSR count). The Morgan fingerprint density at radius 1 is 1.22 bits per heavy atom. The molecule has 0 unspecified atom stereocenters. The van der Waals surface area contributed by atoms with Crippen LogP contribution in [-0.4, -0.2) is 12.9 Å². The predicted octanol–water partition coefficient (Wildman–Crippen LogP) is 3.21. The first-order valence-electron chi connectivity index (χ1n) is 6.08. The largest absolute Gasteiger partial charge is 0.494 e. The fourth-order valence-electron chi connectivity index (χ4n) is 1.75. The average Bonchev–Trinajstić information content (AvgIpc) is 2.65. The van der Waals surface area contributed by atoms with E-state index in [9.17, 15) is 4.79 Å². The zero-order chi connectivity index (χ0) is 12.6. The van der Waals surface area contributed by atoms with Gasteiger partial charge in [-0.3, -0.25) is 4.79 Å². The summed E-state index contributed by atoms with van der Waals surface area (Å²) in [5, 5.41) is 0. The van der Waals surface area contributed by atoms with Gasteiger partial charge in [0.1, 0.15) is 12.0 Å². The summed E-state index contributed by atoms with van der Waals surface area (Å²) < 4.78 is 5.68. The molecular weight excluding hydrogens is 224 g/mol. The van der Waals surface area contributed by atoms with Gasteiger partial charge in [0.15, 0.2) is 0 Å². The van der Waals surface area contributed by atoms with Gasteiger partial charge in [-0.1, -0.05) is 42.5 Å². The molecule has 0 fully saturated rings. The lowest BCUT2D eigenvalue weighted by Gasteiger charge is -2.06. The molecule has 0 radical (unpaired) electrons. The van der Waals surface area contributed by atoms with Crippen LogP contribution >= 0.6 is 0 Å². The summed E-state index contributed by atoms with van der Waals surface area (Å²) in [6, 6.07) is 10.2. The lowest BCUT2D eigenvalue weighted by molar-refractivity contribution is -0.104. The van der Waals surface area contributed by atoms with E-state index in [0.717, 1.165) is 24.0 Å². The van der Waals surface area contributed by atoms with E-state index in [1.807, 2.05) is 42.5 Å².